The van der Waals surface area contributed by atoms with Crippen LogP contribution in [0.4, 0.5) is 0 Å². The van der Waals surface area contributed by atoms with Crippen LogP contribution < -0.4 is 0 Å². The van der Waals surface area contributed by atoms with Gasteiger partial charge in [0.1, 0.15) is 5.75 Å². The number of amides is 1. The van der Waals surface area contributed by atoms with E-state index in [2.05, 4.69) is 10.1 Å². The van der Waals surface area contributed by atoms with E-state index < -0.39 is 15.6 Å². The maximum atomic E-state index is 12.6. The van der Waals surface area contributed by atoms with Gasteiger partial charge < -0.3 is 9.42 Å². The van der Waals surface area contributed by atoms with Crippen molar-refractivity contribution >= 4 is 15.7 Å². The summed E-state index contributed by atoms with van der Waals surface area (Å²) in [6.07, 6.45) is 3.47. The molecular formula is C18H23N3O4S. The van der Waals surface area contributed by atoms with Crippen molar-refractivity contribution < 1.29 is 17.7 Å². The molecule has 1 aromatic heterocycles. The molecule has 0 N–H and O–H groups in total. The Morgan fingerprint density at radius 2 is 2.00 bits per heavy atom. The first-order valence-corrected chi connectivity index (χ1v) is 10.7. The highest BCUT2D eigenvalue weighted by Crippen LogP contribution is 2.30. The second kappa shape index (κ2) is 7.99. The van der Waals surface area contributed by atoms with Crippen molar-refractivity contribution in [2.75, 3.05) is 18.1 Å². The summed E-state index contributed by atoms with van der Waals surface area (Å²) >= 11 is 0. The molecule has 1 saturated heterocycles. The Morgan fingerprint density at radius 3 is 2.73 bits per heavy atom. The molecule has 26 heavy (non-hydrogen) atoms. The lowest BCUT2D eigenvalue weighted by Crippen LogP contribution is -2.39. The summed E-state index contributed by atoms with van der Waals surface area (Å²) in [6, 6.07) is 9.08. The van der Waals surface area contributed by atoms with E-state index in [1.807, 2.05) is 30.3 Å². The van der Waals surface area contributed by atoms with Crippen LogP contribution in [0.15, 0.2) is 34.9 Å². The molecule has 2 heterocycles. The van der Waals surface area contributed by atoms with Crippen LogP contribution in [0.2, 0.25) is 0 Å². The van der Waals surface area contributed by atoms with E-state index >= 15 is 0 Å². The fourth-order valence-electron chi connectivity index (χ4n) is 3.12. The van der Waals surface area contributed by atoms with Gasteiger partial charge in [-0.2, -0.15) is 4.98 Å². The molecule has 0 radical (unpaired) electrons. The minimum Gasteiger partial charge on any atom is -0.334 e. The lowest BCUT2D eigenvalue weighted by molar-refractivity contribution is -0.131. The SMILES string of the molecule is CCS(=O)(=O)CC(=O)N1CCCCC[C@@H]1c1noc(-c2ccccc2)n1. The molecule has 1 atom stereocenters. The molecule has 0 saturated carbocycles. The van der Waals surface area contributed by atoms with Gasteiger partial charge in [-0.05, 0) is 25.0 Å². The lowest BCUT2D eigenvalue weighted by atomic mass is 10.1. The maximum Gasteiger partial charge on any atom is 0.257 e. The van der Waals surface area contributed by atoms with Crippen LogP contribution in [0.3, 0.4) is 0 Å². The number of nitrogens with zero attached hydrogens (tertiary/aromatic N) is 3. The minimum absolute atomic E-state index is 0.0440. The predicted octanol–water partition coefficient (Wildman–Crippen LogP) is 2.62. The Balaban J connectivity index is 1.85. The number of sulfone groups is 1. The van der Waals surface area contributed by atoms with Crippen molar-refractivity contribution in [3.63, 3.8) is 0 Å². The van der Waals surface area contributed by atoms with E-state index in [1.165, 1.54) is 0 Å². The quantitative estimate of drug-likeness (QED) is 0.795. The normalized spacial score (nSPS) is 18.5. The van der Waals surface area contributed by atoms with E-state index in [-0.39, 0.29) is 17.7 Å². The summed E-state index contributed by atoms with van der Waals surface area (Å²) in [4.78, 5) is 18.7. The third-order valence-electron chi connectivity index (χ3n) is 4.62. The average Bonchev–Trinajstić information content (AvgIpc) is 3.00. The average molecular weight is 377 g/mol. The van der Waals surface area contributed by atoms with Crippen LogP contribution in [-0.4, -0.2) is 47.4 Å². The molecule has 1 fully saturated rings. The van der Waals surface area contributed by atoms with Gasteiger partial charge in [0.25, 0.3) is 5.89 Å². The highest BCUT2D eigenvalue weighted by molar-refractivity contribution is 7.92. The number of rotatable bonds is 5. The summed E-state index contributed by atoms with van der Waals surface area (Å²) in [5.74, 6) is -0.0580. The molecule has 0 aliphatic carbocycles. The standard InChI is InChI=1S/C18H23N3O4S/c1-2-26(23,24)13-16(22)21-12-8-4-7-11-15(21)17-19-18(25-20-17)14-9-5-3-6-10-14/h3,5-6,9-10,15H,2,4,7-8,11-13H2,1H3/t15-/m1/s1. The fraction of sp³-hybridized carbons (Fsp3) is 0.500. The van der Waals surface area contributed by atoms with E-state index in [0.717, 1.165) is 24.8 Å². The topological polar surface area (TPSA) is 93.4 Å². The third-order valence-corrected chi connectivity index (χ3v) is 6.18. The largest absolute Gasteiger partial charge is 0.334 e. The summed E-state index contributed by atoms with van der Waals surface area (Å²) in [7, 11) is -3.38. The van der Waals surface area contributed by atoms with Crippen LogP contribution in [0, 0.1) is 0 Å². The van der Waals surface area contributed by atoms with E-state index in [4.69, 9.17) is 4.52 Å². The Kier molecular flexibility index (Phi) is 5.70. The molecule has 7 nitrogen and oxygen atoms in total. The molecular weight excluding hydrogens is 354 g/mol. The van der Waals surface area contributed by atoms with Crippen LogP contribution in [-0.2, 0) is 14.6 Å². The first-order valence-electron chi connectivity index (χ1n) is 8.89. The van der Waals surface area contributed by atoms with E-state index in [9.17, 15) is 13.2 Å². The zero-order valence-corrected chi connectivity index (χ0v) is 15.6. The molecule has 3 rings (SSSR count). The lowest BCUT2D eigenvalue weighted by Gasteiger charge is -2.27. The highest BCUT2D eigenvalue weighted by atomic mass is 32.2. The molecule has 1 amide bonds. The van der Waals surface area contributed by atoms with Crippen molar-refractivity contribution in [2.24, 2.45) is 0 Å². The van der Waals surface area contributed by atoms with Crippen LogP contribution >= 0.6 is 0 Å². The highest BCUT2D eigenvalue weighted by Gasteiger charge is 2.32. The number of hydrogen-bond donors (Lipinski definition) is 0. The minimum atomic E-state index is -3.38. The van der Waals surface area contributed by atoms with Crippen molar-refractivity contribution in [2.45, 2.75) is 38.6 Å². The first-order chi connectivity index (χ1) is 12.5. The Bertz CT molecular complexity index is 848. The van der Waals surface area contributed by atoms with Crippen LogP contribution in [0.5, 0.6) is 0 Å². The Hall–Kier alpha value is -2.22. The van der Waals surface area contributed by atoms with Gasteiger partial charge in [0, 0.05) is 17.9 Å². The summed E-state index contributed by atoms with van der Waals surface area (Å²) in [6.45, 7) is 2.06. The Morgan fingerprint density at radius 1 is 1.23 bits per heavy atom. The Labute approximate surface area is 153 Å². The molecule has 1 aliphatic rings. The van der Waals surface area contributed by atoms with Gasteiger partial charge >= 0.3 is 0 Å². The molecule has 2 aromatic rings. The molecule has 0 bridgehead atoms. The molecule has 0 spiro atoms. The number of likely N-dealkylation sites (tertiary alicyclic amines) is 1. The van der Waals surface area contributed by atoms with Gasteiger partial charge in [-0.3, -0.25) is 4.79 Å². The van der Waals surface area contributed by atoms with Gasteiger partial charge in [0.2, 0.25) is 5.91 Å². The number of benzene rings is 1. The molecule has 1 aromatic carbocycles. The number of carbonyl (C=O) groups is 1. The summed E-state index contributed by atoms with van der Waals surface area (Å²) in [5, 5.41) is 4.08. The van der Waals surface area contributed by atoms with Crippen LogP contribution in [0.1, 0.15) is 44.5 Å². The summed E-state index contributed by atoms with van der Waals surface area (Å²) < 4.78 is 29.1. The monoisotopic (exact) mass is 377 g/mol. The third kappa shape index (κ3) is 4.30. The number of carbonyl (C=O) groups excluding carboxylic acids is 1. The second-order valence-electron chi connectivity index (χ2n) is 6.45. The maximum absolute atomic E-state index is 12.6. The fourth-order valence-corrected chi connectivity index (χ4v) is 3.86. The van der Waals surface area contributed by atoms with Gasteiger partial charge in [-0.1, -0.05) is 43.1 Å². The van der Waals surface area contributed by atoms with Gasteiger partial charge in [-0.25, -0.2) is 8.42 Å². The smallest absolute Gasteiger partial charge is 0.257 e. The van der Waals surface area contributed by atoms with Crippen molar-refractivity contribution in [3.8, 4) is 11.5 Å². The van der Waals surface area contributed by atoms with E-state index in [1.54, 1.807) is 11.8 Å². The van der Waals surface area contributed by atoms with Gasteiger partial charge in [-0.15, -0.1) is 0 Å². The van der Waals surface area contributed by atoms with Crippen molar-refractivity contribution in [3.05, 3.63) is 36.2 Å². The number of hydrogen-bond acceptors (Lipinski definition) is 6. The van der Waals surface area contributed by atoms with Gasteiger partial charge in [0.15, 0.2) is 15.7 Å². The van der Waals surface area contributed by atoms with Crippen molar-refractivity contribution in [1.82, 2.24) is 15.0 Å². The first kappa shape index (κ1) is 18.6. The van der Waals surface area contributed by atoms with Crippen molar-refractivity contribution in [1.29, 1.82) is 0 Å². The number of aromatic nitrogens is 2. The predicted molar refractivity (Wildman–Crippen MR) is 97.0 cm³/mol. The molecule has 1 aliphatic heterocycles. The zero-order valence-electron chi connectivity index (χ0n) is 14.8. The van der Waals surface area contributed by atoms with Crippen LogP contribution in [0.25, 0.3) is 11.5 Å². The zero-order chi connectivity index (χ0) is 18.6. The molecule has 8 heteroatoms. The van der Waals surface area contributed by atoms with E-state index in [0.29, 0.717) is 24.7 Å². The second-order valence-corrected chi connectivity index (χ2v) is 8.81. The molecule has 0 unspecified atom stereocenters. The molecule has 140 valence electrons. The summed E-state index contributed by atoms with van der Waals surface area (Å²) in [5.41, 5.74) is 0.811. The van der Waals surface area contributed by atoms with Gasteiger partial charge in [0.05, 0.1) is 6.04 Å².